The molecule has 3 heteroatoms. The molecule has 0 bridgehead atoms. The van der Waals surface area contributed by atoms with Crippen molar-refractivity contribution in [3.63, 3.8) is 0 Å². The van der Waals surface area contributed by atoms with Gasteiger partial charge in [0.2, 0.25) is 0 Å². The number of aromatic nitrogens is 1. The molecular formula is C17H17NO2. The Morgan fingerprint density at radius 1 is 1.15 bits per heavy atom. The van der Waals surface area contributed by atoms with Crippen LogP contribution in [0.3, 0.4) is 0 Å². The summed E-state index contributed by atoms with van der Waals surface area (Å²) in [5.74, 6) is 0.811. The summed E-state index contributed by atoms with van der Waals surface area (Å²) in [6.45, 7) is 0.853. The third kappa shape index (κ3) is 1.66. The van der Waals surface area contributed by atoms with Crippen molar-refractivity contribution in [3.05, 3.63) is 59.9 Å². The first kappa shape index (κ1) is 11.9. The molecule has 1 heterocycles. The highest BCUT2D eigenvalue weighted by Crippen LogP contribution is 2.85. The van der Waals surface area contributed by atoms with Gasteiger partial charge in [-0.15, -0.1) is 0 Å². The summed E-state index contributed by atoms with van der Waals surface area (Å²) < 4.78 is 5.82. The molecule has 0 radical (unpaired) electrons. The van der Waals surface area contributed by atoms with E-state index in [0.29, 0.717) is 13.2 Å². The minimum atomic E-state index is 0.173. The van der Waals surface area contributed by atoms with Crippen LogP contribution in [0.4, 0.5) is 0 Å². The van der Waals surface area contributed by atoms with Crippen LogP contribution < -0.4 is 4.74 Å². The number of rotatable bonds is 5. The lowest BCUT2D eigenvalue weighted by molar-refractivity contribution is 0.246. The number of ether oxygens (including phenoxy) is 1. The first-order valence-corrected chi connectivity index (χ1v) is 7.01. The summed E-state index contributed by atoms with van der Waals surface area (Å²) in [4.78, 5) is 4.29. The standard InChI is InChI=1S/C17H17NO2/c19-12-16-10-17(16,11-16)14-6-15(8-18-7-14)20-9-13-4-2-1-3-5-13/h1-8,19H,9-12H2. The van der Waals surface area contributed by atoms with Crippen LogP contribution in [0, 0.1) is 5.41 Å². The Balaban J connectivity index is 1.48. The predicted octanol–water partition coefficient (Wildman–Crippen LogP) is 2.68. The minimum absolute atomic E-state index is 0.173. The molecule has 3 nitrogen and oxygen atoms in total. The van der Waals surface area contributed by atoms with Gasteiger partial charge < -0.3 is 9.84 Å². The molecule has 0 unspecified atom stereocenters. The average molecular weight is 267 g/mol. The first-order chi connectivity index (χ1) is 9.78. The lowest BCUT2D eigenvalue weighted by Gasteiger charge is -2.08. The summed E-state index contributed by atoms with van der Waals surface area (Å²) in [7, 11) is 0. The summed E-state index contributed by atoms with van der Waals surface area (Å²) >= 11 is 0. The number of benzene rings is 1. The van der Waals surface area contributed by atoms with Gasteiger partial charge >= 0.3 is 0 Å². The fourth-order valence-electron chi connectivity index (χ4n) is 3.29. The van der Waals surface area contributed by atoms with Crippen LogP contribution >= 0.6 is 0 Å². The van der Waals surface area contributed by atoms with E-state index in [1.54, 1.807) is 6.20 Å². The van der Waals surface area contributed by atoms with Gasteiger partial charge in [0.05, 0.1) is 6.20 Å². The van der Waals surface area contributed by atoms with Gasteiger partial charge in [-0.25, -0.2) is 0 Å². The molecule has 2 aliphatic carbocycles. The van der Waals surface area contributed by atoms with Gasteiger partial charge in [-0.1, -0.05) is 30.3 Å². The molecule has 4 rings (SSSR count). The van der Waals surface area contributed by atoms with Crippen molar-refractivity contribution in [1.29, 1.82) is 0 Å². The molecule has 20 heavy (non-hydrogen) atoms. The van der Waals surface area contributed by atoms with Crippen molar-refractivity contribution in [2.24, 2.45) is 5.41 Å². The summed E-state index contributed by atoms with van der Waals surface area (Å²) in [6, 6.07) is 12.2. The first-order valence-electron chi connectivity index (χ1n) is 7.01. The highest BCUT2D eigenvalue weighted by atomic mass is 16.5. The Hall–Kier alpha value is -1.87. The zero-order valence-corrected chi connectivity index (χ0v) is 11.2. The lowest BCUT2D eigenvalue weighted by atomic mass is 10.1. The van der Waals surface area contributed by atoms with E-state index in [1.807, 2.05) is 24.4 Å². The van der Waals surface area contributed by atoms with Crippen molar-refractivity contribution in [1.82, 2.24) is 4.98 Å². The third-order valence-corrected chi connectivity index (χ3v) is 4.86. The lowest BCUT2D eigenvalue weighted by Crippen LogP contribution is -1.99. The molecule has 102 valence electrons. The van der Waals surface area contributed by atoms with Crippen LogP contribution in [-0.4, -0.2) is 16.7 Å². The highest BCUT2D eigenvalue weighted by molar-refractivity contribution is 5.50. The molecule has 0 spiro atoms. The van der Waals surface area contributed by atoms with Crippen LogP contribution in [0.5, 0.6) is 5.75 Å². The molecule has 2 aliphatic rings. The number of pyridine rings is 1. The van der Waals surface area contributed by atoms with E-state index in [2.05, 4.69) is 23.2 Å². The topological polar surface area (TPSA) is 42.4 Å². The van der Waals surface area contributed by atoms with Gasteiger partial charge in [0.1, 0.15) is 12.4 Å². The summed E-state index contributed by atoms with van der Waals surface area (Å²) in [5.41, 5.74) is 2.75. The SMILES string of the molecule is OCC12CC1(c1cncc(OCc3ccccc3)c1)C2. The molecule has 1 N–H and O–H groups in total. The second-order valence-corrected chi connectivity index (χ2v) is 6.06. The Morgan fingerprint density at radius 3 is 2.65 bits per heavy atom. The fourth-order valence-corrected chi connectivity index (χ4v) is 3.29. The second kappa shape index (κ2) is 4.06. The molecular weight excluding hydrogens is 250 g/mol. The third-order valence-electron chi connectivity index (χ3n) is 4.86. The van der Waals surface area contributed by atoms with E-state index in [9.17, 15) is 5.11 Å². The molecule has 1 aromatic carbocycles. The van der Waals surface area contributed by atoms with Crippen LogP contribution in [0.2, 0.25) is 0 Å². The number of aliphatic hydroxyl groups excluding tert-OH is 1. The molecule has 0 saturated heterocycles. The van der Waals surface area contributed by atoms with Crippen LogP contribution in [-0.2, 0) is 12.0 Å². The number of nitrogens with zero attached hydrogens (tertiary/aromatic N) is 1. The monoisotopic (exact) mass is 267 g/mol. The van der Waals surface area contributed by atoms with E-state index < -0.39 is 0 Å². The van der Waals surface area contributed by atoms with Gasteiger partial charge in [0.25, 0.3) is 0 Å². The van der Waals surface area contributed by atoms with Gasteiger partial charge in [-0.05, 0) is 30.0 Å². The number of fused-ring (bicyclic) bond motifs is 1. The van der Waals surface area contributed by atoms with E-state index >= 15 is 0 Å². The molecule has 0 atom stereocenters. The molecule has 0 aliphatic heterocycles. The summed E-state index contributed by atoms with van der Waals surface area (Å²) in [5, 5.41) is 9.40. The zero-order chi connectivity index (χ0) is 13.6. The maximum absolute atomic E-state index is 9.40. The molecule has 2 saturated carbocycles. The largest absolute Gasteiger partial charge is 0.487 e. The predicted molar refractivity (Wildman–Crippen MR) is 75.4 cm³/mol. The maximum atomic E-state index is 9.40. The Morgan fingerprint density at radius 2 is 1.95 bits per heavy atom. The molecule has 0 amide bonds. The highest BCUT2D eigenvalue weighted by Gasteiger charge is 2.83. The van der Waals surface area contributed by atoms with Gasteiger partial charge in [-0.3, -0.25) is 4.98 Å². The Labute approximate surface area is 118 Å². The average Bonchev–Trinajstić information content (AvgIpc) is 3.33. The molecule has 2 aromatic rings. The Bertz CT molecular complexity index is 632. The van der Waals surface area contributed by atoms with Crippen LogP contribution in [0.1, 0.15) is 24.0 Å². The van der Waals surface area contributed by atoms with Crippen LogP contribution in [0.15, 0.2) is 48.8 Å². The van der Waals surface area contributed by atoms with E-state index in [0.717, 1.165) is 24.2 Å². The van der Waals surface area contributed by atoms with Crippen molar-refractivity contribution >= 4 is 0 Å². The number of aliphatic hydroxyl groups is 1. The van der Waals surface area contributed by atoms with Crippen molar-refractivity contribution in [3.8, 4) is 5.75 Å². The van der Waals surface area contributed by atoms with E-state index in [4.69, 9.17) is 4.74 Å². The smallest absolute Gasteiger partial charge is 0.138 e. The zero-order valence-electron chi connectivity index (χ0n) is 11.2. The van der Waals surface area contributed by atoms with Crippen molar-refractivity contribution < 1.29 is 9.84 Å². The van der Waals surface area contributed by atoms with Gasteiger partial charge in [0.15, 0.2) is 0 Å². The van der Waals surface area contributed by atoms with Crippen molar-refractivity contribution in [2.75, 3.05) is 6.61 Å². The normalized spacial score (nSPS) is 29.6. The van der Waals surface area contributed by atoms with Gasteiger partial charge in [-0.2, -0.15) is 0 Å². The van der Waals surface area contributed by atoms with Crippen molar-refractivity contribution in [2.45, 2.75) is 24.9 Å². The molecule has 2 fully saturated rings. The fraction of sp³-hybridized carbons (Fsp3) is 0.353. The maximum Gasteiger partial charge on any atom is 0.138 e. The van der Waals surface area contributed by atoms with E-state index in [-0.39, 0.29) is 10.8 Å². The Kier molecular flexibility index (Phi) is 2.42. The number of hydrogen-bond donors (Lipinski definition) is 1. The second-order valence-electron chi connectivity index (χ2n) is 6.06. The van der Waals surface area contributed by atoms with Crippen LogP contribution in [0.25, 0.3) is 0 Å². The van der Waals surface area contributed by atoms with E-state index in [1.165, 1.54) is 5.56 Å². The minimum Gasteiger partial charge on any atom is -0.487 e. The van der Waals surface area contributed by atoms with Gasteiger partial charge in [0, 0.05) is 23.6 Å². The number of hydrogen-bond acceptors (Lipinski definition) is 3. The molecule has 1 aromatic heterocycles. The quantitative estimate of drug-likeness (QED) is 0.905. The summed E-state index contributed by atoms with van der Waals surface area (Å²) in [6.07, 6.45) is 5.87.